The molecule has 35 heavy (non-hydrogen) atoms. The van der Waals surface area contributed by atoms with E-state index in [9.17, 15) is 13.2 Å². The Kier molecular flexibility index (Phi) is 6.88. The van der Waals surface area contributed by atoms with Crippen LogP contribution in [-0.2, 0) is 6.18 Å². The Hall–Kier alpha value is -3.34. The summed E-state index contributed by atoms with van der Waals surface area (Å²) in [5.41, 5.74) is 5.56. The topological polar surface area (TPSA) is 98.4 Å². The molecular formula is C24H29F3N6O2. The maximum atomic E-state index is 13.3. The van der Waals surface area contributed by atoms with Gasteiger partial charge in [0.25, 0.3) is 0 Å². The van der Waals surface area contributed by atoms with Gasteiger partial charge in [-0.2, -0.15) is 13.2 Å². The van der Waals surface area contributed by atoms with Crippen molar-refractivity contribution in [1.82, 2.24) is 19.9 Å². The second-order valence-corrected chi connectivity index (χ2v) is 8.80. The van der Waals surface area contributed by atoms with Crippen molar-refractivity contribution in [1.29, 1.82) is 0 Å². The number of rotatable bonds is 7. The van der Waals surface area contributed by atoms with Crippen LogP contribution in [0.1, 0.15) is 42.9 Å². The van der Waals surface area contributed by atoms with Gasteiger partial charge < -0.3 is 25.4 Å². The highest BCUT2D eigenvalue weighted by atomic mass is 19.4. The molecule has 3 heterocycles. The zero-order valence-corrected chi connectivity index (χ0v) is 20.1. The van der Waals surface area contributed by atoms with Crippen molar-refractivity contribution in [2.75, 3.05) is 38.4 Å². The first kappa shape index (κ1) is 24.8. The number of anilines is 2. The standard InChI is InChI=1S/C24H29F3N6O2/c1-13(18-8-15(24(25,26)27)9-22(28)32-18)29-23-17-10-21(35-12-16-6-5-7-33(16)3)20(34-4)11-19(17)30-14(2)31-23/h8-11,13,16H,5-7,12H2,1-4H3,(H2,28,32)(H,29,30,31)/t13-,16+/m1/s1. The fraction of sp³-hybridized carbons (Fsp3) is 0.458. The van der Waals surface area contributed by atoms with Gasteiger partial charge in [-0.3, -0.25) is 0 Å². The normalized spacial score (nSPS) is 17.5. The predicted molar refractivity (Wildman–Crippen MR) is 128 cm³/mol. The molecule has 1 saturated heterocycles. The number of alkyl halides is 3. The largest absolute Gasteiger partial charge is 0.493 e. The number of hydrogen-bond acceptors (Lipinski definition) is 8. The van der Waals surface area contributed by atoms with Crippen LogP contribution in [-0.4, -0.2) is 53.2 Å². The lowest BCUT2D eigenvalue weighted by molar-refractivity contribution is -0.137. The van der Waals surface area contributed by atoms with E-state index in [4.69, 9.17) is 15.2 Å². The minimum absolute atomic E-state index is 0.149. The van der Waals surface area contributed by atoms with Crippen molar-refractivity contribution in [2.45, 2.75) is 44.9 Å². The molecule has 0 spiro atoms. The van der Waals surface area contributed by atoms with Crippen LogP contribution in [0.2, 0.25) is 0 Å². The molecule has 1 fully saturated rings. The highest BCUT2D eigenvalue weighted by Crippen LogP contribution is 2.36. The SMILES string of the molecule is COc1cc2nc(C)nc(N[C@H](C)c3cc(C(F)(F)F)cc(N)n3)c2cc1OC[C@@H]1CCCN1C. The molecule has 1 aliphatic heterocycles. The molecule has 3 aromatic rings. The van der Waals surface area contributed by atoms with Crippen LogP contribution in [0.15, 0.2) is 24.3 Å². The minimum Gasteiger partial charge on any atom is -0.493 e. The second kappa shape index (κ2) is 9.73. The average molecular weight is 491 g/mol. The minimum atomic E-state index is -4.53. The number of ether oxygens (including phenoxy) is 2. The third kappa shape index (κ3) is 5.50. The molecule has 1 aromatic carbocycles. The molecule has 0 saturated carbocycles. The van der Waals surface area contributed by atoms with Crippen LogP contribution >= 0.6 is 0 Å². The highest BCUT2D eigenvalue weighted by Gasteiger charge is 2.32. The number of pyridine rings is 1. The van der Waals surface area contributed by atoms with Crippen molar-refractivity contribution in [2.24, 2.45) is 0 Å². The maximum Gasteiger partial charge on any atom is 0.416 e. The van der Waals surface area contributed by atoms with Gasteiger partial charge in [-0.15, -0.1) is 0 Å². The van der Waals surface area contributed by atoms with Gasteiger partial charge in [-0.25, -0.2) is 15.0 Å². The number of benzene rings is 1. The van der Waals surface area contributed by atoms with Crippen LogP contribution < -0.4 is 20.5 Å². The lowest BCUT2D eigenvalue weighted by atomic mass is 10.1. The Morgan fingerprint density at radius 2 is 1.94 bits per heavy atom. The zero-order chi connectivity index (χ0) is 25.3. The number of nitrogens with two attached hydrogens (primary N) is 1. The quantitative estimate of drug-likeness (QED) is 0.496. The third-order valence-corrected chi connectivity index (χ3v) is 6.18. The van der Waals surface area contributed by atoms with Gasteiger partial charge in [-0.1, -0.05) is 0 Å². The van der Waals surface area contributed by atoms with Gasteiger partial charge in [0.15, 0.2) is 11.5 Å². The molecule has 2 aromatic heterocycles. The number of aromatic nitrogens is 3. The number of fused-ring (bicyclic) bond motifs is 1. The predicted octanol–water partition coefficient (Wildman–Crippen LogP) is 4.59. The van der Waals surface area contributed by atoms with Crippen LogP contribution in [0, 0.1) is 6.92 Å². The molecule has 8 nitrogen and oxygen atoms in total. The van der Waals surface area contributed by atoms with Crippen LogP contribution in [0.5, 0.6) is 11.5 Å². The molecule has 0 amide bonds. The van der Waals surface area contributed by atoms with Gasteiger partial charge in [0.05, 0.1) is 29.9 Å². The van der Waals surface area contributed by atoms with E-state index < -0.39 is 17.8 Å². The molecule has 11 heteroatoms. The summed E-state index contributed by atoms with van der Waals surface area (Å²) < 4.78 is 51.5. The molecule has 0 radical (unpaired) electrons. The summed E-state index contributed by atoms with van der Waals surface area (Å²) in [5.74, 6) is 1.83. The summed E-state index contributed by atoms with van der Waals surface area (Å²) in [4.78, 5) is 15.4. The van der Waals surface area contributed by atoms with Crippen LogP contribution in [0.4, 0.5) is 24.8 Å². The fourth-order valence-electron chi connectivity index (χ4n) is 4.25. The number of nitrogens with zero attached hydrogens (tertiary/aromatic N) is 4. The lowest BCUT2D eigenvalue weighted by Gasteiger charge is -2.21. The van der Waals surface area contributed by atoms with Gasteiger partial charge in [0, 0.05) is 17.5 Å². The monoisotopic (exact) mass is 490 g/mol. The van der Waals surface area contributed by atoms with Crippen LogP contribution in [0.25, 0.3) is 10.9 Å². The first-order valence-corrected chi connectivity index (χ1v) is 11.4. The van der Waals surface area contributed by atoms with E-state index in [-0.39, 0.29) is 11.5 Å². The fourth-order valence-corrected chi connectivity index (χ4v) is 4.25. The third-order valence-electron chi connectivity index (χ3n) is 6.18. The molecule has 0 aliphatic carbocycles. The molecule has 2 atom stereocenters. The molecule has 3 N–H and O–H groups in total. The van der Waals surface area contributed by atoms with Crippen LogP contribution in [0.3, 0.4) is 0 Å². The van der Waals surface area contributed by atoms with Crippen molar-refractivity contribution < 1.29 is 22.6 Å². The molecular weight excluding hydrogens is 461 g/mol. The summed E-state index contributed by atoms with van der Waals surface area (Å²) in [7, 11) is 3.64. The number of nitrogen functional groups attached to an aromatic ring is 1. The van der Waals surface area contributed by atoms with Crippen molar-refractivity contribution in [3.63, 3.8) is 0 Å². The van der Waals surface area contributed by atoms with E-state index in [0.717, 1.165) is 31.5 Å². The lowest BCUT2D eigenvalue weighted by Crippen LogP contribution is -2.30. The van der Waals surface area contributed by atoms with Crippen molar-refractivity contribution in [3.05, 3.63) is 41.3 Å². The van der Waals surface area contributed by atoms with Gasteiger partial charge in [0.1, 0.15) is 24.1 Å². The van der Waals surface area contributed by atoms with Crippen molar-refractivity contribution >= 4 is 22.5 Å². The number of likely N-dealkylation sites (N-methyl/N-ethyl adjacent to an activating group) is 1. The Balaban J connectivity index is 1.67. The summed E-state index contributed by atoms with van der Waals surface area (Å²) >= 11 is 0. The maximum absolute atomic E-state index is 13.3. The second-order valence-electron chi connectivity index (χ2n) is 8.80. The average Bonchev–Trinajstić information content (AvgIpc) is 3.20. The Bertz CT molecular complexity index is 1220. The molecule has 0 unspecified atom stereocenters. The smallest absolute Gasteiger partial charge is 0.416 e. The highest BCUT2D eigenvalue weighted by molar-refractivity contribution is 5.92. The van der Waals surface area contributed by atoms with E-state index in [2.05, 4.69) is 32.2 Å². The number of aryl methyl sites for hydroxylation is 1. The Morgan fingerprint density at radius 3 is 2.60 bits per heavy atom. The molecule has 0 bridgehead atoms. The zero-order valence-electron chi connectivity index (χ0n) is 20.1. The van der Waals surface area contributed by atoms with E-state index in [1.807, 2.05) is 0 Å². The first-order valence-electron chi connectivity index (χ1n) is 11.4. The molecule has 188 valence electrons. The van der Waals surface area contributed by atoms with Gasteiger partial charge >= 0.3 is 6.18 Å². The molecule has 4 rings (SSSR count). The van der Waals surface area contributed by atoms with E-state index >= 15 is 0 Å². The van der Waals surface area contributed by atoms with Gasteiger partial charge in [0.2, 0.25) is 0 Å². The first-order chi connectivity index (χ1) is 16.5. The Labute approximate surface area is 201 Å². The van der Waals surface area contributed by atoms with Gasteiger partial charge in [-0.05, 0) is 58.5 Å². The summed E-state index contributed by atoms with van der Waals surface area (Å²) in [6, 6.07) is 5.08. The number of hydrogen-bond donors (Lipinski definition) is 2. The number of halogens is 3. The summed E-state index contributed by atoms with van der Waals surface area (Å²) in [6.07, 6.45) is -2.33. The molecule has 1 aliphatic rings. The van der Waals surface area contributed by atoms with Crippen molar-refractivity contribution in [3.8, 4) is 11.5 Å². The number of nitrogens with one attached hydrogen (secondary N) is 1. The summed E-state index contributed by atoms with van der Waals surface area (Å²) in [5, 5.41) is 3.83. The number of likely N-dealkylation sites (tertiary alicyclic amines) is 1. The van der Waals surface area contributed by atoms with E-state index in [1.165, 1.54) is 0 Å². The Morgan fingerprint density at radius 1 is 1.17 bits per heavy atom. The van der Waals surface area contributed by atoms with E-state index in [1.54, 1.807) is 33.1 Å². The van der Waals surface area contributed by atoms with E-state index in [0.29, 0.717) is 46.7 Å². The summed E-state index contributed by atoms with van der Waals surface area (Å²) in [6.45, 7) is 4.98. The number of methoxy groups -OCH3 is 1.